The molecule has 1 heterocycles. The van der Waals surface area contributed by atoms with Crippen LogP contribution in [0.15, 0.2) is 0 Å². The molecule has 2 aliphatic rings. The van der Waals surface area contributed by atoms with Crippen molar-refractivity contribution in [3.05, 3.63) is 0 Å². The maximum Gasteiger partial charge on any atom is 0.227 e. The monoisotopic (exact) mass is 351 g/mol. The first-order valence-corrected chi connectivity index (χ1v) is 9.64. The smallest absolute Gasteiger partial charge is 0.227 e. The van der Waals surface area contributed by atoms with E-state index in [0.29, 0.717) is 25.6 Å². The molecule has 142 valence electrons. The fraction of sp³-hybridized carbons (Fsp3) is 0.842. The lowest BCUT2D eigenvalue weighted by Crippen LogP contribution is -2.49. The Bertz CT molecular complexity index is 493. The van der Waals surface area contributed by atoms with Gasteiger partial charge >= 0.3 is 0 Å². The van der Waals surface area contributed by atoms with E-state index < -0.39 is 5.41 Å². The zero-order valence-electron chi connectivity index (χ0n) is 15.9. The predicted molar refractivity (Wildman–Crippen MR) is 96.8 cm³/mol. The fourth-order valence-corrected chi connectivity index (χ4v) is 3.66. The third-order valence-corrected chi connectivity index (χ3v) is 5.09. The van der Waals surface area contributed by atoms with Crippen molar-refractivity contribution in [2.24, 2.45) is 11.3 Å². The SMILES string of the molecule is CC(C)(C)C(=O)N1CCCC(C(=O)NCCC(=O)NC2CCCC2)C1. The summed E-state index contributed by atoms with van der Waals surface area (Å²) >= 11 is 0. The standard InChI is InChI=1S/C19H33N3O3/c1-19(2,3)18(25)22-12-6-7-14(13-22)17(24)20-11-10-16(23)21-15-8-4-5-9-15/h14-15H,4-13H2,1-3H3,(H,20,24)(H,21,23). The Hall–Kier alpha value is -1.59. The summed E-state index contributed by atoms with van der Waals surface area (Å²) in [5, 5.41) is 5.90. The van der Waals surface area contributed by atoms with Gasteiger partial charge in [-0.25, -0.2) is 0 Å². The first kappa shape index (κ1) is 19.7. The molecule has 1 atom stereocenters. The molecule has 1 aliphatic carbocycles. The average Bonchev–Trinajstić information content (AvgIpc) is 3.06. The van der Waals surface area contributed by atoms with Crippen LogP contribution in [-0.4, -0.2) is 48.3 Å². The van der Waals surface area contributed by atoms with E-state index in [1.165, 1.54) is 12.8 Å². The molecule has 0 spiro atoms. The summed E-state index contributed by atoms with van der Waals surface area (Å²) in [7, 11) is 0. The summed E-state index contributed by atoms with van der Waals surface area (Å²) in [5.41, 5.74) is -0.420. The highest BCUT2D eigenvalue weighted by Gasteiger charge is 2.33. The van der Waals surface area contributed by atoms with Crippen molar-refractivity contribution in [2.45, 2.75) is 71.8 Å². The van der Waals surface area contributed by atoms with Crippen LogP contribution in [0.3, 0.4) is 0 Å². The first-order chi connectivity index (χ1) is 11.8. The highest BCUT2D eigenvalue weighted by Crippen LogP contribution is 2.23. The topological polar surface area (TPSA) is 78.5 Å². The predicted octanol–water partition coefficient (Wildman–Crippen LogP) is 1.84. The van der Waals surface area contributed by atoms with Gasteiger partial charge in [0, 0.05) is 37.5 Å². The Morgan fingerprint density at radius 3 is 2.36 bits per heavy atom. The molecule has 25 heavy (non-hydrogen) atoms. The molecule has 3 amide bonds. The summed E-state index contributed by atoms with van der Waals surface area (Å²) in [4.78, 5) is 38.5. The molecule has 1 saturated carbocycles. The molecule has 2 N–H and O–H groups in total. The number of carbonyl (C=O) groups is 3. The maximum absolute atomic E-state index is 12.4. The maximum atomic E-state index is 12.4. The van der Waals surface area contributed by atoms with Crippen molar-refractivity contribution in [1.29, 1.82) is 0 Å². The van der Waals surface area contributed by atoms with Crippen LogP contribution in [0.1, 0.15) is 65.7 Å². The zero-order valence-corrected chi connectivity index (χ0v) is 15.9. The largest absolute Gasteiger partial charge is 0.355 e. The number of likely N-dealkylation sites (tertiary alicyclic amines) is 1. The molecule has 0 aromatic carbocycles. The van der Waals surface area contributed by atoms with Gasteiger partial charge in [-0.1, -0.05) is 33.6 Å². The molecule has 2 fully saturated rings. The molecular weight excluding hydrogens is 318 g/mol. The van der Waals surface area contributed by atoms with Gasteiger partial charge in [-0.3, -0.25) is 14.4 Å². The summed E-state index contributed by atoms with van der Waals surface area (Å²) < 4.78 is 0. The van der Waals surface area contributed by atoms with Gasteiger partial charge in [-0.05, 0) is 25.7 Å². The molecule has 2 rings (SSSR count). The number of nitrogens with one attached hydrogen (secondary N) is 2. The molecule has 6 heteroatoms. The van der Waals surface area contributed by atoms with Crippen molar-refractivity contribution in [3.63, 3.8) is 0 Å². The van der Waals surface area contributed by atoms with Crippen molar-refractivity contribution in [1.82, 2.24) is 15.5 Å². The molecule has 0 aromatic rings. The van der Waals surface area contributed by atoms with Crippen LogP contribution in [0.4, 0.5) is 0 Å². The lowest BCUT2D eigenvalue weighted by Gasteiger charge is -2.35. The number of amides is 3. The van der Waals surface area contributed by atoms with Gasteiger partial charge in [0.1, 0.15) is 0 Å². The molecule has 0 radical (unpaired) electrons. The third-order valence-electron chi connectivity index (χ3n) is 5.09. The Balaban J connectivity index is 1.71. The van der Waals surface area contributed by atoms with Crippen LogP contribution in [0.2, 0.25) is 0 Å². The van der Waals surface area contributed by atoms with Crippen LogP contribution in [0.25, 0.3) is 0 Å². The third kappa shape index (κ3) is 6.01. The Kier molecular flexibility index (Phi) is 6.85. The van der Waals surface area contributed by atoms with Gasteiger partial charge in [0.15, 0.2) is 0 Å². The van der Waals surface area contributed by atoms with E-state index in [-0.39, 0.29) is 23.6 Å². The normalized spacial score (nSPS) is 21.9. The summed E-state index contributed by atoms with van der Waals surface area (Å²) in [6.45, 7) is 7.28. The second-order valence-electron chi connectivity index (χ2n) is 8.43. The van der Waals surface area contributed by atoms with Crippen molar-refractivity contribution in [3.8, 4) is 0 Å². The second-order valence-corrected chi connectivity index (χ2v) is 8.43. The highest BCUT2D eigenvalue weighted by atomic mass is 16.2. The Labute approximate surface area is 151 Å². The van der Waals surface area contributed by atoms with E-state index >= 15 is 0 Å². The van der Waals surface area contributed by atoms with Crippen LogP contribution in [0, 0.1) is 11.3 Å². The van der Waals surface area contributed by atoms with Crippen LogP contribution in [0.5, 0.6) is 0 Å². The number of carbonyl (C=O) groups excluding carboxylic acids is 3. The molecule has 0 aromatic heterocycles. The summed E-state index contributed by atoms with van der Waals surface area (Å²) in [6.07, 6.45) is 6.48. The molecule has 1 saturated heterocycles. The van der Waals surface area contributed by atoms with E-state index in [2.05, 4.69) is 10.6 Å². The van der Waals surface area contributed by atoms with E-state index in [1.807, 2.05) is 20.8 Å². The first-order valence-electron chi connectivity index (χ1n) is 9.64. The lowest BCUT2D eigenvalue weighted by molar-refractivity contribution is -0.142. The highest BCUT2D eigenvalue weighted by molar-refractivity contribution is 5.84. The number of piperidine rings is 1. The molecular formula is C19H33N3O3. The van der Waals surface area contributed by atoms with Crippen molar-refractivity contribution in [2.75, 3.05) is 19.6 Å². The van der Waals surface area contributed by atoms with Gasteiger partial charge in [-0.2, -0.15) is 0 Å². The minimum Gasteiger partial charge on any atom is -0.355 e. The minimum atomic E-state index is -0.420. The van der Waals surface area contributed by atoms with Crippen molar-refractivity contribution >= 4 is 17.7 Å². The second kappa shape index (κ2) is 8.68. The molecule has 1 unspecified atom stereocenters. The zero-order chi connectivity index (χ0) is 18.4. The quantitative estimate of drug-likeness (QED) is 0.793. The van der Waals surface area contributed by atoms with E-state index in [9.17, 15) is 14.4 Å². The molecule has 0 bridgehead atoms. The number of rotatable bonds is 5. The lowest BCUT2D eigenvalue weighted by atomic mass is 9.91. The average molecular weight is 351 g/mol. The number of hydrogen-bond acceptors (Lipinski definition) is 3. The van der Waals surface area contributed by atoms with Gasteiger partial charge in [-0.15, -0.1) is 0 Å². The summed E-state index contributed by atoms with van der Waals surface area (Å²) in [6, 6.07) is 0.318. The summed E-state index contributed by atoms with van der Waals surface area (Å²) in [5.74, 6) is -0.0978. The van der Waals surface area contributed by atoms with Crippen LogP contribution >= 0.6 is 0 Å². The Morgan fingerprint density at radius 1 is 1.04 bits per heavy atom. The van der Waals surface area contributed by atoms with Gasteiger partial charge in [0.05, 0.1) is 5.92 Å². The molecule has 6 nitrogen and oxygen atoms in total. The van der Waals surface area contributed by atoms with E-state index in [0.717, 1.165) is 32.2 Å². The van der Waals surface area contributed by atoms with Gasteiger partial charge in [0.2, 0.25) is 17.7 Å². The van der Waals surface area contributed by atoms with Gasteiger partial charge < -0.3 is 15.5 Å². The van der Waals surface area contributed by atoms with Gasteiger partial charge in [0.25, 0.3) is 0 Å². The minimum absolute atomic E-state index is 0.0142. The molecule has 1 aliphatic heterocycles. The van der Waals surface area contributed by atoms with Crippen LogP contribution < -0.4 is 10.6 Å². The number of hydrogen-bond donors (Lipinski definition) is 2. The van der Waals surface area contributed by atoms with E-state index in [1.54, 1.807) is 4.90 Å². The van der Waals surface area contributed by atoms with Crippen LogP contribution in [-0.2, 0) is 14.4 Å². The number of nitrogens with zero attached hydrogens (tertiary/aromatic N) is 1. The van der Waals surface area contributed by atoms with Crippen molar-refractivity contribution < 1.29 is 14.4 Å². The Morgan fingerprint density at radius 2 is 1.72 bits per heavy atom. The van der Waals surface area contributed by atoms with E-state index in [4.69, 9.17) is 0 Å². The fourth-order valence-electron chi connectivity index (χ4n) is 3.66.